The highest BCUT2D eigenvalue weighted by Gasteiger charge is 2.26. The Morgan fingerprint density at radius 1 is 1.07 bits per heavy atom. The molecule has 8 nitrogen and oxygen atoms in total. The summed E-state index contributed by atoms with van der Waals surface area (Å²) in [6.45, 7) is 4.49. The van der Waals surface area contributed by atoms with Crippen molar-refractivity contribution in [1.29, 1.82) is 0 Å². The molecule has 0 unspecified atom stereocenters. The lowest BCUT2D eigenvalue weighted by atomic mass is 10.0. The number of fused-ring (bicyclic) bond motifs is 1. The van der Waals surface area contributed by atoms with E-state index in [4.69, 9.17) is 9.72 Å². The number of nitrogens with zero attached hydrogens (tertiary/aromatic N) is 3. The van der Waals surface area contributed by atoms with E-state index in [1.165, 1.54) is 0 Å². The molecule has 3 heterocycles. The number of piperidine rings is 1. The second-order valence-electron chi connectivity index (χ2n) is 10.5. The summed E-state index contributed by atoms with van der Waals surface area (Å²) in [4.78, 5) is 13.6. The van der Waals surface area contributed by atoms with Crippen LogP contribution >= 0.6 is 0 Å². The maximum absolute atomic E-state index is 13.3. The van der Waals surface area contributed by atoms with Gasteiger partial charge >= 0.3 is 0 Å². The maximum atomic E-state index is 13.3. The number of ether oxygens (including phenoxy) is 1. The van der Waals surface area contributed by atoms with Crippen LogP contribution in [0.15, 0.2) is 60.9 Å². The summed E-state index contributed by atoms with van der Waals surface area (Å²) >= 11 is 0. The van der Waals surface area contributed by atoms with Crippen molar-refractivity contribution < 1.29 is 21.9 Å². The number of nitrogens with one attached hydrogen (secondary N) is 2. The average Bonchev–Trinajstić information content (AvgIpc) is 2.94. The first kappa shape index (κ1) is 28.8. The number of benzene rings is 2. The van der Waals surface area contributed by atoms with Gasteiger partial charge in [0.05, 0.1) is 22.8 Å². The van der Waals surface area contributed by atoms with E-state index in [-0.39, 0.29) is 11.8 Å². The van der Waals surface area contributed by atoms with E-state index < -0.39 is 27.9 Å². The number of halogens is 2. The molecule has 1 atom stereocenters. The molecule has 0 aliphatic carbocycles. The van der Waals surface area contributed by atoms with Gasteiger partial charge < -0.3 is 15.4 Å². The third-order valence-corrected chi connectivity index (χ3v) is 8.64. The van der Waals surface area contributed by atoms with Crippen molar-refractivity contribution >= 4 is 26.6 Å². The number of rotatable bonds is 10. The molecular formula is C30H33F2N5O3S. The molecule has 1 saturated heterocycles. The average molecular weight is 582 g/mol. The predicted octanol–water partition coefficient (Wildman–Crippen LogP) is 5.92. The third kappa shape index (κ3) is 7.34. The highest BCUT2D eigenvalue weighted by Crippen LogP contribution is 2.38. The molecule has 11 heteroatoms. The highest BCUT2D eigenvalue weighted by atomic mass is 32.2. The molecule has 1 aliphatic rings. The van der Waals surface area contributed by atoms with Crippen molar-refractivity contribution in [3.8, 4) is 22.9 Å². The van der Waals surface area contributed by atoms with Gasteiger partial charge in [-0.2, -0.15) is 0 Å². The summed E-state index contributed by atoms with van der Waals surface area (Å²) in [6.07, 6.45) is 4.74. The molecule has 0 spiro atoms. The Labute approximate surface area is 238 Å². The zero-order valence-electron chi connectivity index (χ0n) is 23.0. The predicted molar refractivity (Wildman–Crippen MR) is 156 cm³/mol. The zero-order chi connectivity index (χ0) is 29.0. The van der Waals surface area contributed by atoms with Crippen molar-refractivity contribution in [2.24, 2.45) is 0 Å². The number of hydrogen-bond acceptors (Lipinski definition) is 8. The summed E-state index contributed by atoms with van der Waals surface area (Å²) in [5.74, 6) is -2.58. The number of pyridine rings is 1. The topological polar surface area (TPSA) is 106 Å². The minimum atomic E-state index is -3.76. The number of hydrogen-bond donors (Lipinski definition) is 2. The standard InChI is InChI=1S/C30H33F2N5O3S/c1-20-10-11-23-21(19-41(38,39)17-13-30(2,31)32)6-3-8-24(23)27(20)40-28-25(9-5-15-34-28)26-12-16-35-29(37-26)36-22-7-4-14-33-18-22/h3,5-6,8-12,15-16,22,33H,4,7,13-14,17-19H2,1-2H3,(H,35,36,37)/t22-/m0/s1. The molecule has 216 valence electrons. The Kier molecular flexibility index (Phi) is 8.46. The van der Waals surface area contributed by atoms with Crippen LogP contribution in [0.3, 0.4) is 0 Å². The van der Waals surface area contributed by atoms with E-state index in [0.717, 1.165) is 38.4 Å². The minimum absolute atomic E-state index is 0.249. The van der Waals surface area contributed by atoms with Crippen molar-refractivity contribution in [1.82, 2.24) is 20.3 Å². The Bertz CT molecular complexity index is 1640. The zero-order valence-corrected chi connectivity index (χ0v) is 23.8. The number of aromatic nitrogens is 3. The van der Waals surface area contributed by atoms with Crippen LogP contribution in [0, 0.1) is 6.92 Å². The lowest BCUT2D eigenvalue weighted by Gasteiger charge is -2.23. The van der Waals surface area contributed by atoms with Crippen LogP contribution in [0.2, 0.25) is 0 Å². The molecule has 0 radical (unpaired) electrons. The van der Waals surface area contributed by atoms with Gasteiger partial charge in [0.2, 0.25) is 17.8 Å². The van der Waals surface area contributed by atoms with Gasteiger partial charge in [-0.25, -0.2) is 32.2 Å². The fraction of sp³-hybridized carbons (Fsp3) is 0.367. The monoisotopic (exact) mass is 581 g/mol. The van der Waals surface area contributed by atoms with Gasteiger partial charge in [0, 0.05) is 36.8 Å². The molecule has 5 rings (SSSR count). The molecule has 0 saturated carbocycles. The maximum Gasteiger partial charge on any atom is 0.246 e. The number of aryl methyl sites for hydroxylation is 1. The van der Waals surface area contributed by atoms with Crippen LogP contribution in [0.1, 0.15) is 37.3 Å². The van der Waals surface area contributed by atoms with E-state index in [1.807, 2.05) is 31.2 Å². The SMILES string of the molecule is Cc1ccc2c(CS(=O)(=O)CCC(C)(F)F)cccc2c1Oc1ncccc1-c1ccnc(N[C@H]2CCCNC2)n1. The van der Waals surface area contributed by atoms with Gasteiger partial charge in [-0.1, -0.05) is 30.3 Å². The molecule has 41 heavy (non-hydrogen) atoms. The van der Waals surface area contributed by atoms with Crippen molar-refractivity contribution in [3.63, 3.8) is 0 Å². The summed E-state index contributed by atoms with van der Waals surface area (Å²) in [5, 5.41) is 8.15. The molecule has 4 aromatic rings. The molecule has 1 fully saturated rings. The smallest absolute Gasteiger partial charge is 0.246 e. The first-order valence-electron chi connectivity index (χ1n) is 13.6. The second-order valence-corrected chi connectivity index (χ2v) is 12.7. The van der Waals surface area contributed by atoms with Crippen LogP contribution in [0.4, 0.5) is 14.7 Å². The third-order valence-electron chi connectivity index (χ3n) is 7.06. The first-order chi connectivity index (χ1) is 19.6. The Balaban J connectivity index is 1.45. The molecular weight excluding hydrogens is 548 g/mol. The quantitative estimate of drug-likeness (QED) is 0.238. The van der Waals surface area contributed by atoms with Gasteiger partial charge in [-0.3, -0.25) is 0 Å². The van der Waals surface area contributed by atoms with E-state index in [0.29, 0.717) is 45.2 Å². The Morgan fingerprint density at radius 3 is 2.71 bits per heavy atom. The Morgan fingerprint density at radius 2 is 1.93 bits per heavy atom. The summed E-state index contributed by atoms with van der Waals surface area (Å²) < 4.78 is 58.5. The fourth-order valence-electron chi connectivity index (χ4n) is 4.91. The van der Waals surface area contributed by atoms with Crippen LogP contribution < -0.4 is 15.4 Å². The highest BCUT2D eigenvalue weighted by molar-refractivity contribution is 7.90. The summed E-state index contributed by atoms with van der Waals surface area (Å²) in [7, 11) is -3.76. The molecule has 1 aliphatic heterocycles. The van der Waals surface area contributed by atoms with Gasteiger partial charge in [-0.15, -0.1) is 0 Å². The summed E-state index contributed by atoms with van der Waals surface area (Å²) in [5.41, 5.74) is 2.67. The van der Waals surface area contributed by atoms with Gasteiger partial charge in [0.25, 0.3) is 0 Å². The number of anilines is 1. The summed E-state index contributed by atoms with van der Waals surface area (Å²) in [6, 6.07) is 14.7. The van der Waals surface area contributed by atoms with Gasteiger partial charge in [-0.05, 0) is 67.9 Å². The van der Waals surface area contributed by atoms with E-state index in [9.17, 15) is 17.2 Å². The van der Waals surface area contributed by atoms with Crippen molar-refractivity contribution in [3.05, 3.63) is 72.1 Å². The number of sulfone groups is 1. The normalized spacial score (nSPS) is 16.0. The molecule has 0 bridgehead atoms. The van der Waals surface area contributed by atoms with Gasteiger partial charge in [0.15, 0.2) is 9.84 Å². The van der Waals surface area contributed by atoms with Gasteiger partial charge in [0.1, 0.15) is 5.75 Å². The fourth-order valence-corrected chi connectivity index (χ4v) is 6.45. The van der Waals surface area contributed by atoms with Crippen LogP contribution in [-0.4, -0.2) is 54.2 Å². The van der Waals surface area contributed by atoms with Crippen LogP contribution in [0.25, 0.3) is 22.0 Å². The van der Waals surface area contributed by atoms with E-state index >= 15 is 0 Å². The van der Waals surface area contributed by atoms with Crippen LogP contribution in [0.5, 0.6) is 11.6 Å². The number of alkyl halides is 2. The van der Waals surface area contributed by atoms with Crippen molar-refractivity contribution in [2.75, 3.05) is 24.2 Å². The Hall–Kier alpha value is -3.70. The second kappa shape index (κ2) is 12.0. The van der Waals surface area contributed by atoms with E-state index in [1.54, 1.807) is 36.7 Å². The van der Waals surface area contributed by atoms with E-state index in [2.05, 4.69) is 20.6 Å². The minimum Gasteiger partial charge on any atom is -0.437 e. The molecule has 2 N–H and O–H groups in total. The lowest BCUT2D eigenvalue weighted by Crippen LogP contribution is -2.38. The largest absolute Gasteiger partial charge is 0.437 e. The van der Waals surface area contributed by atoms with Crippen molar-refractivity contribution in [2.45, 2.75) is 50.8 Å². The first-order valence-corrected chi connectivity index (χ1v) is 15.4. The molecule has 0 amide bonds. The molecule has 2 aromatic heterocycles. The molecule has 2 aromatic carbocycles. The van der Waals surface area contributed by atoms with Crippen LogP contribution in [-0.2, 0) is 15.6 Å². The lowest BCUT2D eigenvalue weighted by molar-refractivity contribution is 0.0189.